The number of carbonyl (C=O) groups excluding carboxylic acids is 1. The summed E-state index contributed by atoms with van der Waals surface area (Å²) < 4.78 is 10.4. The molecule has 120 valence electrons. The molecule has 1 aromatic carbocycles. The minimum Gasteiger partial charge on any atom is -0.497 e. The van der Waals surface area contributed by atoms with Gasteiger partial charge in [-0.3, -0.25) is 4.79 Å². The second-order valence-electron chi connectivity index (χ2n) is 7.11. The zero-order valence-corrected chi connectivity index (χ0v) is 14.0. The Labute approximate surface area is 133 Å². The van der Waals surface area contributed by atoms with E-state index >= 15 is 0 Å². The first-order valence-electron chi connectivity index (χ1n) is 8.26. The molecule has 0 heterocycles. The van der Waals surface area contributed by atoms with E-state index in [1.54, 1.807) is 7.11 Å². The third-order valence-corrected chi connectivity index (χ3v) is 6.29. The fraction of sp³-hybridized carbons (Fsp3) is 0.632. The number of esters is 1. The van der Waals surface area contributed by atoms with E-state index in [-0.39, 0.29) is 11.4 Å². The quantitative estimate of drug-likeness (QED) is 0.776. The Hall–Kier alpha value is -1.51. The molecule has 1 saturated carbocycles. The van der Waals surface area contributed by atoms with Crippen LogP contribution in [-0.2, 0) is 16.0 Å². The monoisotopic (exact) mass is 302 g/mol. The molecule has 2 aliphatic carbocycles. The topological polar surface area (TPSA) is 35.5 Å². The molecule has 1 aromatic rings. The van der Waals surface area contributed by atoms with Gasteiger partial charge in [0.25, 0.3) is 0 Å². The Morgan fingerprint density at radius 1 is 1.27 bits per heavy atom. The van der Waals surface area contributed by atoms with E-state index in [1.165, 1.54) is 18.2 Å². The first-order chi connectivity index (χ1) is 10.5. The average Bonchev–Trinajstić information content (AvgIpc) is 2.56. The van der Waals surface area contributed by atoms with Gasteiger partial charge in [-0.2, -0.15) is 0 Å². The van der Waals surface area contributed by atoms with Crippen LogP contribution in [0.2, 0.25) is 0 Å². The number of benzene rings is 1. The van der Waals surface area contributed by atoms with Crippen LogP contribution in [0.25, 0.3) is 0 Å². The molecule has 0 aromatic heterocycles. The molecule has 2 aliphatic rings. The van der Waals surface area contributed by atoms with Crippen LogP contribution in [0, 0.1) is 17.3 Å². The van der Waals surface area contributed by atoms with Crippen molar-refractivity contribution in [3.05, 3.63) is 29.3 Å². The predicted octanol–water partition coefficient (Wildman–Crippen LogP) is 3.95. The molecule has 3 heteroatoms. The van der Waals surface area contributed by atoms with E-state index in [2.05, 4.69) is 32.0 Å². The van der Waals surface area contributed by atoms with Crippen molar-refractivity contribution in [3.8, 4) is 5.75 Å². The van der Waals surface area contributed by atoms with E-state index in [1.807, 2.05) is 0 Å². The van der Waals surface area contributed by atoms with Crippen LogP contribution in [-0.4, -0.2) is 20.2 Å². The van der Waals surface area contributed by atoms with Gasteiger partial charge >= 0.3 is 5.97 Å². The molecular weight excluding hydrogens is 276 g/mol. The summed E-state index contributed by atoms with van der Waals surface area (Å²) in [6.45, 7) is 4.32. The smallest absolute Gasteiger partial charge is 0.311 e. The Balaban J connectivity index is 1.91. The number of ether oxygens (including phenoxy) is 2. The standard InChI is InChI=1S/C19H26O3/c1-12-15-7-5-13-11-14(21-3)6-8-16(13)17(15)9-10-19(12,2)18(20)22-4/h6,8,11-12,15,17H,5,7,9-10H2,1-4H3/t12?,15?,17?,19-/m1/s1. The van der Waals surface area contributed by atoms with Crippen molar-refractivity contribution in [2.75, 3.05) is 14.2 Å². The zero-order valence-electron chi connectivity index (χ0n) is 14.0. The molecular formula is C19H26O3. The molecule has 3 unspecified atom stereocenters. The summed E-state index contributed by atoms with van der Waals surface area (Å²) >= 11 is 0. The Bertz CT molecular complexity index is 580. The van der Waals surface area contributed by atoms with Gasteiger partial charge in [0.1, 0.15) is 5.75 Å². The predicted molar refractivity (Wildman–Crippen MR) is 86.1 cm³/mol. The molecule has 0 aliphatic heterocycles. The third kappa shape index (κ3) is 2.22. The lowest BCUT2D eigenvalue weighted by molar-refractivity contribution is -0.159. The molecule has 3 rings (SSSR count). The third-order valence-electron chi connectivity index (χ3n) is 6.29. The van der Waals surface area contributed by atoms with Crippen molar-refractivity contribution in [1.82, 2.24) is 0 Å². The highest BCUT2D eigenvalue weighted by Crippen LogP contribution is 2.55. The van der Waals surface area contributed by atoms with Crippen molar-refractivity contribution in [3.63, 3.8) is 0 Å². The van der Waals surface area contributed by atoms with Crippen LogP contribution in [0.1, 0.15) is 50.2 Å². The van der Waals surface area contributed by atoms with Crippen LogP contribution in [0.5, 0.6) is 5.75 Å². The maximum Gasteiger partial charge on any atom is 0.311 e. The van der Waals surface area contributed by atoms with Gasteiger partial charge in [-0.15, -0.1) is 0 Å². The lowest BCUT2D eigenvalue weighted by atomic mass is 9.55. The lowest BCUT2D eigenvalue weighted by Gasteiger charge is -2.49. The van der Waals surface area contributed by atoms with Crippen molar-refractivity contribution in [1.29, 1.82) is 0 Å². The SMILES string of the molecule is COC(=O)[C@]1(C)CCC2c3ccc(OC)cc3CCC2C1C. The van der Waals surface area contributed by atoms with Gasteiger partial charge in [0.05, 0.1) is 19.6 Å². The summed E-state index contributed by atoms with van der Waals surface area (Å²) in [5.74, 6) is 2.40. The Morgan fingerprint density at radius 2 is 2.05 bits per heavy atom. The second-order valence-corrected chi connectivity index (χ2v) is 7.11. The van der Waals surface area contributed by atoms with Crippen LogP contribution in [0.15, 0.2) is 18.2 Å². The number of hydrogen-bond acceptors (Lipinski definition) is 3. The fourth-order valence-corrected chi connectivity index (χ4v) is 4.69. The largest absolute Gasteiger partial charge is 0.497 e. The van der Waals surface area contributed by atoms with Crippen molar-refractivity contribution >= 4 is 5.97 Å². The Kier molecular flexibility index (Phi) is 3.92. The molecule has 4 atom stereocenters. The number of hydrogen-bond donors (Lipinski definition) is 0. The molecule has 0 N–H and O–H groups in total. The van der Waals surface area contributed by atoms with Gasteiger partial charge in [0.15, 0.2) is 0 Å². The molecule has 0 radical (unpaired) electrons. The van der Waals surface area contributed by atoms with Crippen LogP contribution in [0.4, 0.5) is 0 Å². The van der Waals surface area contributed by atoms with E-state index in [9.17, 15) is 4.79 Å². The van der Waals surface area contributed by atoms with Gasteiger partial charge in [0, 0.05) is 0 Å². The molecule has 3 nitrogen and oxygen atoms in total. The molecule has 0 saturated heterocycles. The summed E-state index contributed by atoms with van der Waals surface area (Å²) in [6, 6.07) is 6.49. The van der Waals surface area contributed by atoms with Crippen LogP contribution < -0.4 is 4.74 Å². The number of carbonyl (C=O) groups is 1. The Morgan fingerprint density at radius 3 is 2.73 bits per heavy atom. The highest BCUT2D eigenvalue weighted by Gasteiger charge is 2.50. The first kappa shape index (κ1) is 15.4. The second kappa shape index (κ2) is 5.60. The highest BCUT2D eigenvalue weighted by atomic mass is 16.5. The van der Waals surface area contributed by atoms with Gasteiger partial charge < -0.3 is 9.47 Å². The number of fused-ring (bicyclic) bond motifs is 3. The summed E-state index contributed by atoms with van der Waals surface area (Å²) in [6.07, 6.45) is 4.21. The zero-order chi connectivity index (χ0) is 15.9. The number of methoxy groups -OCH3 is 2. The van der Waals surface area contributed by atoms with Gasteiger partial charge in [-0.1, -0.05) is 13.0 Å². The van der Waals surface area contributed by atoms with Crippen molar-refractivity contribution < 1.29 is 14.3 Å². The highest BCUT2D eigenvalue weighted by molar-refractivity contribution is 5.77. The summed E-state index contributed by atoms with van der Waals surface area (Å²) in [5, 5.41) is 0. The summed E-state index contributed by atoms with van der Waals surface area (Å²) in [7, 11) is 3.23. The molecule has 22 heavy (non-hydrogen) atoms. The van der Waals surface area contributed by atoms with Crippen LogP contribution >= 0.6 is 0 Å². The molecule has 0 spiro atoms. The average molecular weight is 302 g/mol. The van der Waals surface area contributed by atoms with Gasteiger partial charge in [-0.05, 0) is 73.6 Å². The van der Waals surface area contributed by atoms with E-state index in [4.69, 9.17) is 9.47 Å². The van der Waals surface area contributed by atoms with Crippen molar-refractivity contribution in [2.24, 2.45) is 17.3 Å². The fourth-order valence-electron chi connectivity index (χ4n) is 4.69. The van der Waals surface area contributed by atoms with Crippen LogP contribution in [0.3, 0.4) is 0 Å². The number of rotatable bonds is 2. The summed E-state index contributed by atoms with van der Waals surface area (Å²) in [4.78, 5) is 12.3. The normalized spacial score (nSPS) is 33.5. The van der Waals surface area contributed by atoms with E-state index in [0.29, 0.717) is 17.8 Å². The molecule has 0 amide bonds. The lowest BCUT2D eigenvalue weighted by Crippen LogP contribution is -2.46. The van der Waals surface area contributed by atoms with Gasteiger partial charge in [-0.25, -0.2) is 0 Å². The first-order valence-corrected chi connectivity index (χ1v) is 8.26. The molecule has 0 bridgehead atoms. The van der Waals surface area contributed by atoms with E-state index in [0.717, 1.165) is 31.4 Å². The minimum atomic E-state index is -0.333. The van der Waals surface area contributed by atoms with E-state index < -0.39 is 0 Å². The number of aryl methyl sites for hydroxylation is 1. The molecule has 1 fully saturated rings. The van der Waals surface area contributed by atoms with Crippen molar-refractivity contribution in [2.45, 2.75) is 45.4 Å². The minimum absolute atomic E-state index is 0.0426. The maximum absolute atomic E-state index is 12.3. The summed E-state index contributed by atoms with van der Waals surface area (Å²) in [5.41, 5.74) is 2.56. The maximum atomic E-state index is 12.3. The van der Waals surface area contributed by atoms with Gasteiger partial charge in [0.2, 0.25) is 0 Å².